The summed E-state index contributed by atoms with van der Waals surface area (Å²) in [5.41, 5.74) is 5.95. The zero-order valence-corrected chi connectivity index (χ0v) is 17.7. The van der Waals surface area contributed by atoms with Crippen molar-refractivity contribution >= 4 is 35.0 Å². The molecule has 0 radical (unpaired) electrons. The molecule has 0 saturated carbocycles. The third kappa shape index (κ3) is 3.90. The normalized spacial score (nSPS) is 17.9. The number of methoxy groups -OCH3 is 1. The smallest absolute Gasteiger partial charge is 0.240 e. The maximum absolute atomic E-state index is 13.2. The molecule has 0 unspecified atom stereocenters. The molecule has 7 nitrogen and oxygen atoms in total. The van der Waals surface area contributed by atoms with Crippen LogP contribution in [0.1, 0.15) is 23.0 Å². The number of hydrogen-bond donors (Lipinski definition) is 2. The fourth-order valence-corrected chi connectivity index (χ4v) is 4.41. The van der Waals surface area contributed by atoms with Crippen LogP contribution >= 0.6 is 23.4 Å². The summed E-state index contributed by atoms with van der Waals surface area (Å²) in [7, 11) is 1.62. The number of thioether (sulfide) groups is 1. The first-order valence-corrected chi connectivity index (χ1v) is 10.3. The second-order valence-electron chi connectivity index (χ2n) is 6.74. The van der Waals surface area contributed by atoms with E-state index in [-0.39, 0.29) is 11.9 Å². The number of carbonyl (C=O) groups excluding carboxylic acids is 1. The first-order valence-electron chi connectivity index (χ1n) is 9.02. The molecule has 1 amide bonds. The predicted octanol–water partition coefficient (Wildman–Crippen LogP) is 3.95. The molecule has 0 spiro atoms. The van der Waals surface area contributed by atoms with Gasteiger partial charge in [-0.1, -0.05) is 41.6 Å². The van der Waals surface area contributed by atoms with E-state index >= 15 is 0 Å². The topological polar surface area (TPSA) is 81.1 Å². The minimum absolute atomic E-state index is 0.143. The summed E-state index contributed by atoms with van der Waals surface area (Å²) in [6.45, 7) is 3.79. The molecule has 2 N–H and O–H groups in total. The molecule has 2 aromatic carbocycles. The summed E-state index contributed by atoms with van der Waals surface area (Å²) in [6, 6.07) is 12.9. The highest BCUT2D eigenvalue weighted by Crippen LogP contribution is 2.38. The lowest BCUT2D eigenvalue weighted by Crippen LogP contribution is -2.41. The van der Waals surface area contributed by atoms with Crippen LogP contribution in [0.4, 0.5) is 5.69 Å². The summed E-state index contributed by atoms with van der Waals surface area (Å²) in [5, 5.41) is 12.1. The molecule has 2 atom stereocenters. The van der Waals surface area contributed by atoms with Crippen molar-refractivity contribution in [2.75, 3.05) is 17.9 Å². The summed E-state index contributed by atoms with van der Waals surface area (Å²) >= 11 is 7.58. The molecular weight excluding hydrogens is 410 g/mol. The zero-order chi connectivity index (χ0) is 20.5. The van der Waals surface area contributed by atoms with Gasteiger partial charge in [-0.25, -0.2) is 4.68 Å². The Morgan fingerprint density at radius 1 is 1.21 bits per heavy atom. The number of nitrogens with one attached hydrogen (secondary N) is 2. The van der Waals surface area contributed by atoms with E-state index < -0.39 is 5.25 Å². The molecule has 3 aromatic rings. The van der Waals surface area contributed by atoms with Crippen LogP contribution in [0.15, 0.2) is 47.6 Å². The Hall–Kier alpha value is -2.71. The molecule has 29 heavy (non-hydrogen) atoms. The van der Waals surface area contributed by atoms with Gasteiger partial charge in [0.25, 0.3) is 0 Å². The number of carbonyl (C=O) groups is 1. The lowest BCUT2D eigenvalue weighted by molar-refractivity contribution is -0.116. The molecule has 1 aliphatic rings. The molecule has 0 fully saturated rings. The van der Waals surface area contributed by atoms with Gasteiger partial charge < -0.3 is 15.5 Å². The number of nitrogens with zero attached hydrogens (tertiary/aromatic N) is 3. The van der Waals surface area contributed by atoms with Crippen molar-refractivity contribution in [1.29, 1.82) is 0 Å². The molecule has 2 heterocycles. The van der Waals surface area contributed by atoms with Gasteiger partial charge in [-0.2, -0.15) is 0 Å². The third-order valence-electron chi connectivity index (χ3n) is 4.77. The number of rotatable bonds is 4. The van der Waals surface area contributed by atoms with Gasteiger partial charge in [0.1, 0.15) is 16.8 Å². The molecule has 0 saturated heterocycles. The van der Waals surface area contributed by atoms with Crippen molar-refractivity contribution in [1.82, 2.24) is 14.9 Å². The standard InChI is InChI=1S/C20H20ClN5O2S/c1-11-4-7-14(10-16(11)21)22-19(27)18-17(13-5-8-15(28-3)9-6-13)25-26-12(2)23-24-20(26)29-18/h4-10,17-18,25H,1-3H3,(H,22,27)/t17-,18-/m0/s1. The Labute approximate surface area is 177 Å². The van der Waals surface area contributed by atoms with Gasteiger partial charge in [0.15, 0.2) is 0 Å². The predicted molar refractivity (Wildman–Crippen MR) is 114 cm³/mol. The van der Waals surface area contributed by atoms with Crippen molar-refractivity contribution in [3.05, 3.63) is 64.4 Å². The van der Waals surface area contributed by atoms with Crippen LogP contribution in [0.25, 0.3) is 0 Å². The Balaban J connectivity index is 1.65. The van der Waals surface area contributed by atoms with Gasteiger partial charge >= 0.3 is 0 Å². The fourth-order valence-electron chi connectivity index (χ4n) is 3.11. The van der Waals surface area contributed by atoms with Crippen LogP contribution in [0.3, 0.4) is 0 Å². The molecule has 1 aromatic heterocycles. The van der Waals surface area contributed by atoms with Crippen LogP contribution in [0.2, 0.25) is 5.02 Å². The summed E-state index contributed by atoms with van der Waals surface area (Å²) in [4.78, 5) is 13.2. The molecule has 150 valence electrons. The first kappa shape index (κ1) is 19.6. The number of halogens is 1. The lowest BCUT2D eigenvalue weighted by atomic mass is 10.0. The van der Waals surface area contributed by atoms with E-state index in [1.54, 1.807) is 13.2 Å². The van der Waals surface area contributed by atoms with Gasteiger partial charge in [-0.3, -0.25) is 4.79 Å². The molecular formula is C20H20ClN5O2S. The molecule has 0 bridgehead atoms. The maximum Gasteiger partial charge on any atom is 0.240 e. The number of fused-ring (bicyclic) bond motifs is 1. The van der Waals surface area contributed by atoms with Crippen molar-refractivity contribution in [2.45, 2.75) is 30.3 Å². The van der Waals surface area contributed by atoms with E-state index in [0.29, 0.717) is 15.9 Å². The molecule has 9 heteroatoms. The van der Waals surface area contributed by atoms with Crippen LogP contribution < -0.4 is 15.5 Å². The van der Waals surface area contributed by atoms with E-state index in [0.717, 1.165) is 22.7 Å². The maximum atomic E-state index is 13.2. The van der Waals surface area contributed by atoms with Crippen molar-refractivity contribution < 1.29 is 9.53 Å². The Morgan fingerprint density at radius 3 is 2.66 bits per heavy atom. The SMILES string of the molecule is COc1ccc([C@@H]2Nn3c(C)nnc3S[C@@H]2C(=O)Nc2ccc(C)c(Cl)c2)cc1. The average molecular weight is 430 g/mol. The highest BCUT2D eigenvalue weighted by molar-refractivity contribution is 8.00. The van der Waals surface area contributed by atoms with Gasteiger partial charge in [-0.05, 0) is 49.2 Å². The lowest BCUT2D eigenvalue weighted by Gasteiger charge is -2.32. The van der Waals surface area contributed by atoms with E-state index in [1.807, 2.05) is 54.9 Å². The van der Waals surface area contributed by atoms with Gasteiger partial charge in [0.2, 0.25) is 11.1 Å². The highest BCUT2D eigenvalue weighted by Gasteiger charge is 2.37. The van der Waals surface area contributed by atoms with Crippen LogP contribution in [0.5, 0.6) is 5.75 Å². The summed E-state index contributed by atoms with van der Waals surface area (Å²) in [5.74, 6) is 1.35. The van der Waals surface area contributed by atoms with Crippen molar-refractivity contribution in [2.24, 2.45) is 0 Å². The Kier molecular flexibility index (Phi) is 5.38. The molecule has 1 aliphatic heterocycles. The number of benzene rings is 2. The number of anilines is 1. The second-order valence-corrected chi connectivity index (χ2v) is 8.25. The van der Waals surface area contributed by atoms with Crippen molar-refractivity contribution in [3.63, 3.8) is 0 Å². The van der Waals surface area contributed by atoms with Crippen LogP contribution in [-0.2, 0) is 4.79 Å². The van der Waals surface area contributed by atoms with E-state index in [4.69, 9.17) is 16.3 Å². The Morgan fingerprint density at radius 2 is 1.97 bits per heavy atom. The minimum atomic E-state index is -0.459. The van der Waals surface area contributed by atoms with Gasteiger partial charge in [0.05, 0.1) is 13.2 Å². The largest absolute Gasteiger partial charge is 0.497 e. The fraction of sp³-hybridized carbons (Fsp3) is 0.250. The first-order chi connectivity index (χ1) is 14.0. The second kappa shape index (κ2) is 7.96. The quantitative estimate of drug-likeness (QED) is 0.653. The average Bonchev–Trinajstić information content (AvgIpc) is 3.10. The number of ether oxygens (including phenoxy) is 1. The highest BCUT2D eigenvalue weighted by atomic mass is 35.5. The van der Waals surface area contributed by atoms with Crippen molar-refractivity contribution in [3.8, 4) is 5.75 Å². The third-order valence-corrected chi connectivity index (χ3v) is 6.39. The van der Waals surface area contributed by atoms with Crippen LogP contribution in [-0.4, -0.2) is 33.1 Å². The van der Waals surface area contributed by atoms with E-state index in [9.17, 15) is 4.79 Å². The number of aromatic nitrogens is 3. The summed E-state index contributed by atoms with van der Waals surface area (Å²) < 4.78 is 7.06. The Bertz CT molecular complexity index is 1050. The molecule has 4 rings (SSSR count). The van der Waals surface area contributed by atoms with Gasteiger partial charge in [0, 0.05) is 10.7 Å². The number of hydrogen-bond acceptors (Lipinski definition) is 6. The van der Waals surface area contributed by atoms with E-state index in [1.165, 1.54) is 11.8 Å². The minimum Gasteiger partial charge on any atom is -0.497 e. The summed E-state index contributed by atoms with van der Waals surface area (Å²) in [6.07, 6.45) is 0. The number of amides is 1. The van der Waals surface area contributed by atoms with E-state index in [2.05, 4.69) is 20.9 Å². The molecule has 0 aliphatic carbocycles. The monoisotopic (exact) mass is 429 g/mol. The number of aryl methyl sites for hydroxylation is 2. The van der Waals surface area contributed by atoms with Crippen LogP contribution in [0, 0.1) is 13.8 Å². The zero-order valence-electron chi connectivity index (χ0n) is 16.1. The van der Waals surface area contributed by atoms with Gasteiger partial charge in [-0.15, -0.1) is 10.2 Å².